The van der Waals surface area contributed by atoms with E-state index < -0.39 is 11.9 Å². The van der Waals surface area contributed by atoms with Crippen molar-refractivity contribution in [2.24, 2.45) is 5.73 Å². The summed E-state index contributed by atoms with van der Waals surface area (Å²) in [4.78, 5) is 7.20. The number of methoxy groups -OCH3 is 1. The van der Waals surface area contributed by atoms with Crippen molar-refractivity contribution in [3.05, 3.63) is 35.5 Å². The van der Waals surface area contributed by atoms with Crippen molar-refractivity contribution < 1.29 is 14.2 Å². The normalized spacial score (nSPS) is 12.5. The lowest BCUT2D eigenvalue weighted by Crippen LogP contribution is -2.12. The summed E-state index contributed by atoms with van der Waals surface area (Å²) in [5, 5.41) is 9.64. The lowest BCUT2D eigenvalue weighted by molar-refractivity contribution is 0.177. The summed E-state index contributed by atoms with van der Waals surface area (Å²) >= 11 is 0. The number of rotatable bonds is 4. The van der Waals surface area contributed by atoms with Gasteiger partial charge in [-0.05, 0) is 25.1 Å². The fraction of sp³-hybridized carbons (Fsp3) is 0.308. The summed E-state index contributed by atoms with van der Waals surface area (Å²) in [5.41, 5.74) is 7.32. The Kier molecular flexibility index (Phi) is 3.82. The van der Waals surface area contributed by atoms with Crippen LogP contribution in [0.2, 0.25) is 0 Å². The molecular weight excluding hydrogens is 249 g/mol. The van der Waals surface area contributed by atoms with Crippen LogP contribution in [0, 0.1) is 12.7 Å². The largest absolute Gasteiger partial charge is 0.494 e. The second-order valence-corrected chi connectivity index (χ2v) is 4.20. The van der Waals surface area contributed by atoms with Gasteiger partial charge in [0.1, 0.15) is 11.9 Å². The Morgan fingerprint density at radius 2 is 2.26 bits per heavy atom. The van der Waals surface area contributed by atoms with Crippen LogP contribution in [-0.2, 0) is 0 Å². The van der Waals surface area contributed by atoms with Gasteiger partial charge in [0.15, 0.2) is 11.6 Å². The predicted molar refractivity (Wildman–Crippen MR) is 69.3 cm³/mol. The quantitative estimate of drug-likeness (QED) is 0.782. The zero-order valence-corrected chi connectivity index (χ0v) is 10.8. The molecule has 1 heterocycles. The van der Waals surface area contributed by atoms with Crippen molar-refractivity contribution in [1.29, 1.82) is 0 Å². The van der Waals surface area contributed by atoms with Crippen LogP contribution < -0.4 is 10.5 Å². The zero-order chi connectivity index (χ0) is 14.0. The summed E-state index contributed by atoms with van der Waals surface area (Å²) in [5.74, 6) is 0.105. The van der Waals surface area contributed by atoms with Crippen LogP contribution in [0.3, 0.4) is 0 Å². The number of halogens is 1. The predicted octanol–water partition coefficient (Wildman–Crippen LogP) is 1.52. The number of aromatic nitrogens is 2. The van der Waals surface area contributed by atoms with Crippen molar-refractivity contribution >= 4 is 0 Å². The number of imidazole rings is 1. The van der Waals surface area contributed by atoms with E-state index in [1.807, 2.05) is 0 Å². The van der Waals surface area contributed by atoms with Crippen LogP contribution in [0.15, 0.2) is 18.2 Å². The Labute approximate surface area is 110 Å². The van der Waals surface area contributed by atoms with Gasteiger partial charge in [0.25, 0.3) is 0 Å². The lowest BCUT2D eigenvalue weighted by Gasteiger charge is -2.04. The smallest absolute Gasteiger partial charge is 0.165 e. The van der Waals surface area contributed by atoms with Gasteiger partial charge in [-0.3, -0.25) is 0 Å². The number of ether oxygens (including phenoxy) is 1. The van der Waals surface area contributed by atoms with Crippen LogP contribution in [0.1, 0.15) is 17.6 Å². The van der Waals surface area contributed by atoms with E-state index in [-0.39, 0.29) is 12.3 Å². The van der Waals surface area contributed by atoms with Gasteiger partial charge in [0.05, 0.1) is 12.8 Å². The number of nitrogens with one attached hydrogen (secondary N) is 1. The number of aliphatic hydroxyl groups is 1. The molecule has 0 saturated carbocycles. The molecule has 0 spiro atoms. The van der Waals surface area contributed by atoms with Gasteiger partial charge in [0, 0.05) is 17.8 Å². The van der Waals surface area contributed by atoms with E-state index in [1.54, 1.807) is 13.0 Å². The van der Waals surface area contributed by atoms with Gasteiger partial charge < -0.3 is 20.6 Å². The zero-order valence-electron chi connectivity index (χ0n) is 10.8. The van der Waals surface area contributed by atoms with Gasteiger partial charge in [-0.1, -0.05) is 0 Å². The van der Waals surface area contributed by atoms with E-state index in [1.165, 1.54) is 19.2 Å². The summed E-state index contributed by atoms with van der Waals surface area (Å²) in [7, 11) is 1.41. The number of hydrogen-bond donors (Lipinski definition) is 3. The van der Waals surface area contributed by atoms with Gasteiger partial charge in [-0.15, -0.1) is 0 Å². The van der Waals surface area contributed by atoms with Crippen LogP contribution in [0.25, 0.3) is 11.3 Å². The fourth-order valence-electron chi connectivity index (χ4n) is 1.85. The molecule has 2 rings (SSSR count). The molecule has 0 aliphatic carbocycles. The molecule has 1 atom stereocenters. The third-order valence-electron chi connectivity index (χ3n) is 2.87. The average molecular weight is 265 g/mol. The first-order chi connectivity index (χ1) is 9.06. The highest BCUT2D eigenvalue weighted by molar-refractivity contribution is 5.63. The first-order valence-corrected chi connectivity index (χ1v) is 5.85. The minimum Gasteiger partial charge on any atom is -0.494 e. The third kappa shape index (κ3) is 2.59. The van der Waals surface area contributed by atoms with Gasteiger partial charge in [-0.2, -0.15) is 0 Å². The molecule has 1 aromatic heterocycles. The van der Waals surface area contributed by atoms with Crippen molar-refractivity contribution in [2.75, 3.05) is 13.7 Å². The molecule has 19 heavy (non-hydrogen) atoms. The highest BCUT2D eigenvalue weighted by Gasteiger charge is 2.15. The van der Waals surface area contributed by atoms with Crippen molar-refractivity contribution in [3.8, 4) is 17.0 Å². The molecule has 5 nitrogen and oxygen atoms in total. The Morgan fingerprint density at radius 3 is 2.84 bits per heavy atom. The molecule has 4 N–H and O–H groups in total. The van der Waals surface area contributed by atoms with E-state index in [4.69, 9.17) is 10.5 Å². The summed E-state index contributed by atoms with van der Waals surface area (Å²) < 4.78 is 18.5. The number of hydrogen-bond acceptors (Lipinski definition) is 4. The van der Waals surface area contributed by atoms with E-state index in [0.717, 1.165) is 5.69 Å². The Morgan fingerprint density at radius 1 is 1.53 bits per heavy atom. The molecule has 0 fully saturated rings. The Balaban J connectivity index is 2.41. The molecule has 0 amide bonds. The number of H-pyrrole nitrogens is 1. The summed E-state index contributed by atoms with van der Waals surface area (Å²) in [6.07, 6.45) is -0.851. The van der Waals surface area contributed by atoms with Gasteiger partial charge >= 0.3 is 0 Å². The van der Waals surface area contributed by atoms with Crippen molar-refractivity contribution in [2.45, 2.75) is 13.0 Å². The highest BCUT2D eigenvalue weighted by Crippen LogP contribution is 2.27. The second kappa shape index (κ2) is 5.38. The molecule has 6 heteroatoms. The monoisotopic (exact) mass is 265 g/mol. The minimum absolute atomic E-state index is 0.0728. The topological polar surface area (TPSA) is 84.2 Å². The first kappa shape index (κ1) is 13.5. The number of aryl methyl sites for hydroxylation is 1. The molecule has 0 aliphatic heterocycles. The van der Waals surface area contributed by atoms with Crippen LogP contribution >= 0.6 is 0 Å². The number of aliphatic hydroxyl groups excluding tert-OH is 1. The summed E-state index contributed by atoms with van der Waals surface area (Å²) in [6.45, 7) is 1.88. The molecule has 2 aromatic rings. The number of aromatic amines is 1. The first-order valence-electron chi connectivity index (χ1n) is 5.85. The maximum Gasteiger partial charge on any atom is 0.165 e. The second-order valence-electron chi connectivity index (χ2n) is 4.20. The lowest BCUT2D eigenvalue weighted by atomic mass is 10.1. The molecule has 0 radical (unpaired) electrons. The molecular formula is C13H16FN3O2. The van der Waals surface area contributed by atoms with E-state index >= 15 is 0 Å². The van der Waals surface area contributed by atoms with Crippen LogP contribution in [-0.4, -0.2) is 28.7 Å². The maximum atomic E-state index is 13.7. The van der Waals surface area contributed by atoms with E-state index in [0.29, 0.717) is 17.1 Å². The highest BCUT2D eigenvalue weighted by atomic mass is 19.1. The molecule has 1 aromatic carbocycles. The SMILES string of the molecule is COc1ccc(-c2nc(C(O)CN)[nH]c2C)cc1F. The Hall–Kier alpha value is -1.92. The minimum atomic E-state index is -0.851. The number of benzene rings is 1. The van der Waals surface area contributed by atoms with E-state index in [9.17, 15) is 9.50 Å². The molecule has 1 unspecified atom stereocenters. The summed E-state index contributed by atoms with van der Waals surface area (Å²) in [6, 6.07) is 4.60. The molecule has 102 valence electrons. The van der Waals surface area contributed by atoms with Crippen molar-refractivity contribution in [1.82, 2.24) is 9.97 Å². The van der Waals surface area contributed by atoms with Gasteiger partial charge in [0.2, 0.25) is 0 Å². The van der Waals surface area contributed by atoms with Crippen molar-refractivity contribution in [3.63, 3.8) is 0 Å². The van der Waals surface area contributed by atoms with E-state index in [2.05, 4.69) is 9.97 Å². The van der Waals surface area contributed by atoms with Crippen LogP contribution in [0.4, 0.5) is 4.39 Å². The molecule has 0 saturated heterocycles. The molecule has 0 aliphatic rings. The van der Waals surface area contributed by atoms with Crippen LogP contribution in [0.5, 0.6) is 5.75 Å². The molecule has 0 bridgehead atoms. The average Bonchev–Trinajstić information content (AvgIpc) is 2.80. The van der Waals surface area contributed by atoms with Gasteiger partial charge in [-0.25, -0.2) is 9.37 Å². The fourth-order valence-corrected chi connectivity index (χ4v) is 1.85. The standard InChI is InChI=1S/C13H16FN3O2/c1-7-12(17-13(16-7)10(18)6-15)8-3-4-11(19-2)9(14)5-8/h3-5,10,18H,6,15H2,1-2H3,(H,16,17). The third-order valence-corrected chi connectivity index (χ3v) is 2.87. The number of nitrogens with zero attached hydrogens (tertiary/aromatic N) is 1. The number of nitrogens with two attached hydrogens (primary N) is 1. The Bertz CT molecular complexity index is 583. The maximum absolute atomic E-state index is 13.7.